The summed E-state index contributed by atoms with van der Waals surface area (Å²) in [6.45, 7) is -0.193. The summed E-state index contributed by atoms with van der Waals surface area (Å²) in [5.41, 5.74) is 5.02. The Hall–Kier alpha value is -1.14. The molecule has 0 fully saturated rings. The van der Waals surface area contributed by atoms with Crippen LogP contribution in [-0.4, -0.2) is 38.7 Å². The zero-order chi connectivity index (χ0) is 9.40. The number of nitrogens with two attached hydrogens (primary N) is 1. The Balaban J connectivity index is 3.30. The topological polar surface area (TPSA) is 93.4 Å². The summed E-state index contributed by atoms with van der Waals surface area (Å²) >= 11 is 0. The Morgan fingerprint density at radius 1 is 1.33 bits per heavy atom. The molecule has 0 saturated carbocycles. The molecule has 0 unspecified atom stereocenters. The third-order valence-corrected chi connectivity index (χ3v) is 1.04. The van der Waals surface area contributed by atoms with Crippen LogP contribution in [0.25, 0.3) is 0 Å². The summed E-state index contributed by atoms with van der Waals surface area (Å²) in [6.07, 6.45) is 0. The van der Waals surface area contributed by atoms with Crippen LogP contribution in [0.1, 0.15) is 0 Å². The van der Waals surface area contributed by atoms with E-state index in [2.05, 4.69) is 10.6 Å². The molecule has 12 heavy (non-hydrogen) atoms. The van der Waals surface area contributed by atoms with Gasteiger partial charge in [-0.05, 0) is 0 Å². The van der Waals surface area contributed by atoms with Crippen molar-refractivity contribution in [2.45, 2.75) is 0 Å². The molecular formula is C6H13N3O3. The first-order valence-electron chi connectivity index (χ1n) is 3.45. The highest BCUT2D eigenvalue weighted by molar-refractivity contribution is 5.79. The number of hydrogen-bond acceptors (Lipinski definition) is 4. The zero-order valence-electron chi connectivity index (χ0n) is 6.92. The summed E-state index contributed by atoms with van der Waals surface area (Å²) in [5.74, 6) is -0.600. The van der Waals surface area contributed by atoms with Crippen molar-refractivity contribution in [2.75, 3.05) is 26.9 Å². The van der Waals surface area contributed by atoms with Crippen LogP contribution in [-0.2, 0) is 14.3 Å². The molecule has 0 aromatic rings. The number of rotatable bonds is 5. The maximum atomic E-state index is 10.7. The van der Waals surface area contributed by atoms with Gasteiger partial charge in [-0.25, -0.2) is 0 Å². The van der Waals surface area contributed by atoms with Crippen molar-refractivity contribution in [2.24, 2.45) is 5.73 Å². The van der Waals surface area contributed by atoms with Crippen molar-refractivity contribution >= 4 is 11.8 Å². The first-order chi connectivity index (χ1) is 5.70. The Kier molecular flexibility index (Phi) is 5.94. The van der Waals surface area contributed by atoms with Crippen molar-refractivity contribution in [3.63, 3.8) is 0 Å². The van der Waals surface area contributed by atoms with Gasteiger partial charge in [-0.1, -0.05) is 0 Å². The fourth-order valence-electron chi connectivity index (χ4n) is 0.473. The summed E-state index contributed by atoms with van der Waals surface area (Å²) in [7, 11) is 1.49. The molecule has 0 aromatic heterocycles. The van der Waals surface area contributed by atoms with Gasteiger partial charge in [0.05, 0.1) is 6.67 Å². The van der Waals surface area contributed by atoms with Crippen LogP contribution >= 0.6 is 0 Å². The van der Waals surface area contributed by atoms with Gasteiger partial charge in [0.15, 0.2) is 0 Å². The molecule has 0 heterocycles. The van der Waals surface area contributed by atoms with E-state index in [1.165, 1.54) is 7.05 Å². The summed E-state index contributed by atoms with van der Waals surface area (Å²) in [6, 6.07) is 0. The molecule has 0 aliphatic carbocycles. The van der Waals surface area contributed by atoms with E-state index in [4.69, 9.17) is 10.5 Å². The lowest BCUT2D eigenvalue weighted by Crippen LogP contribution is -2.34. The highest BCUT2D eigenvalue weighted by atomic mass is 16.5. The van der Waals surface area contributed by atoms with Crippen molar-refractivity contribution in [1.29, 1.82) is 0 Å². The Morgan fingerprint density at radius 2 is 1.92 bits per heavy atom. The van der Waals surface area contributed by atoms with Crippen LogP contribution in [0.4, 0.5) is 0 Å². The lowest BCUT2D eigenvalue weighted by atomic mass is 10.6. The lowest BCUT2D eigenvalue weighted by Gasteiger charge is -2.02. The van der Waals surface area contributed by atoms with E-state index in [1.54, 1.807) is 0 Å². The van der Waals surface area contributed by atoms with Crippen molar-refractivity contribution in [1.82, 2.24) is 10.6 Å². The average molecular weight is 175 g/mol. The van der Waals surface area contributed by atoms with Gasteiger partial charge in [-0.2, -0.15) is 0 Å². The monoisotopic (exact) mass is 175 g/mol. The molecule has 0 aromatic carbocycles. The predicted octanol–water partition coefficient (Wildman–Crippen LogP) is -2.22. The minimum absolute atomic E-state index is 0.0716. The second-order valence-corrected chi connectivity index (χ2v) is 1.97. The third kappa shape index (κ3) is 5.63. The molecule has 0 aliphatic rings. The Labute approximate surface area is 70.4 Å². The number of likely N-dealkylation sites (N-methyl/N-ethyl adjacent to an activating group) is 1. The highest BCUT2D eigenvalue weighted by Crippen LogP contribution is 1.74. The molecule has 0 spiro atoms. The van der Waals surface area contributed by atoms with E-state index in [0.29, 0.717) is 0 Å². The van der Waals surface area contributed by atoms with Crippen LogP contribution in [0.15, 0.2) is 0 Å². The minimum Gasteiger partial charge on any atom is -0.362 e. The standard InChI is InChI=1S/C6H13N3O3/c1-8-5(10)2-12-3-6(11)9-4-7/h2-4,7H2,1H3,(H,8,10)(H,9,11). The highest BCUT2D eigenvalue weighted by Gasteiger charge is 2.01. The van der Waals surface area contributed by atoms with Crippen molar-refractivity contribution in [3.8, 4) is 0 Å². The second kappa shape index (κ2) is 6.56. The molecule has 2 amide bonds. The number of hydrogen-bond donors (Lipinski definition) is 3. The fraction of sp³-hybridized carbons (Fsp3) is 0.667. The van der Waals surface area contributed by atoms with Crippen LogP contribution in [0.5, 0.6) is 0 Å². The van der Waals surface area contributed by atoms with Crippen LogP contribution in [0, 0.1) is 0 Å². The molecule has 0 atom stereocenters. The molecule has 6 heteroatoms. The van der Waals surface area contributed by atoms with Crippen LogP contribution < -0.4 is 16.4 Å². The zero-order valence-corrected chi connectivity index (χ0v) is 6.92. The maximum absolute atomic E-state index is 10.7. The largest absolute Gasteiger partial charge is 0.362 e. The van der Waals surface area contributed by atoms with Gasteiger partial charge in [0.25, 0.3) is 0 Å². The van der Waals surface area contributed by atoms with Gasteiger partial charge in [0, 0.05) is 7.05 Å². The number of carbonyl (C=O) groups is 2. The first-order valence-corrected chi connectivity index (χ1v) is 3.45. The molecule has 0 aliphatic heterocycles. The molecular weight excluding hydrogens is 162 g/mol. The first kappa shape index (κ1) is 10.9. The fourth-order valence-corrected chi connectivity index (χ4v) is 0.473. The van der Waals surface area contributed by atoms with Gasteiger partial charge >= 0.3 is 0 Å². The summed E-state index contributed by atoms with van der Waals surface area (Å²) in [5, 5.41) is 4.67. The van der Waals surface area contributed by atoms with Crippen molar-refractivity contribution in [3.05, 3.63) is 0 Å². The van der Waals surface area contributed by atoms with Gasteiger partial charge in [0.2, 0.25) is 11.8 Å². The van der Waals surface area contributed by atoms with Gasteiger partial charge in [-0.3, -0.25) is 9.59 Å². The lowest BCUT2D eigenvalue weighted by molar-refractivity contribution is -0.130. The van der Waals surface area contributed by atoms with E-state index in [0.717, 1.165) is 0 Å². The van der Waals surface area contributed by atoms with E-state index in [1.807, 2.05) is 0 Å². The van der Waals surface area contributed by atoms with E-state index in [9.17, 15) is 9.59 Å². The molecule has 0 rings (SSSR count). The smallest absolute Gasteiger partial charge is 0.247 e. The SMILES string of the molecule is CNC(=O)COCC(=O)NCN. The summed E-state index contributed by atoms with van der Waals surface area (Å²) in [4.78, 5) is 21.2. The number of nitrogens with one attached hydrogen (secondary N) is 2. The van der Waals surface area contributed by atoms with E-state index in [-0.39, 0.29) is 31.7 Å². The Morgan fingerprint density at radius 3 is 2.42 bits per heavy atom. The minimum atomic E-state index is -0.332. The van der Waals surface area contributed by atoms with E-state index >= 15 is 0 Å². The molecule has 0 bridgehead atoms. The van der Waals surface area contributed by atoms with E-state index < -0.39 is 0 Å². The van der Waals surface area contributed by atoms with Gasteiger partial charge in [0.1, 0.15) is 13.2 Å². The number of amides is 2. The van der Waals surface area contributed by atoms with Gasteiger partial charge in [-0.15, -0.1) is 0 Å². The van der Waals surface area contributed by atoms with Crippen LogP contribution in [0.2, 0.25) is 0 Å². The molecule has 0 saturated heterocycles. The summed E-state index contributed by atoms with van der Waals surface area (Å²) < 4.78 is 4.72. The quantitative estimate of drug-likeness (QED) is 0.413. The van der Waals surface area contributed by atoms with Crippen molar-refractivity contribution < 1.29 is 14.3 Å². The maximum Gasteiger partial charge on any atom is 0.247 e. The molecule has 6 nitrogen and oxygen atoms in total. The van der Waals surface area contributed by atoms with Gasteiger partial charge < -0.3 is 21.1 Å². The average Bonchev–Trinajstić information content (AvgIpc) is 2.04. The molecule has 70 valence electrons. The predicted molar refractivity (Wildman–Crippen MR) is 42.1 cm³/mol. The molecule has 4 N–H and O–H groups in total. The third-order valence-electron chi connectivity index (χ3n) is 1.04. The Bertz CT molecular complexity index is 160. The number of ether oxygens (including phenoxy) is 1. The molecule has 0 radical (unpaired) electrons. The second-order valence-electron chi connectivity index (χ2n) is 1.97. The van der Waals surface area contributed by atoms with Crippen LogP contribution in [0.3, 0.4) is 0 Å². The normalized spacial score (nSPS) is 9.17. The number of carbonyl (C=O) groups excluding carboxylic acids is 2.